The molecular weight excluding hydrogens is 298 g/mol. The summed E-state index contributed by atoms with van der Waals surface area (Å²) in [5, 5.41) is 3.63. The van der Waals surface area contributed by atoms with Gasteiger partial charge in [-0.3, -0.25) is 0 Å². The summed E-state index contributed by atoms with van der Waals surface area (Å²) in [6, 6.07) is 8.96. The lowest BCUT2D eigenvalue weighted by Crippen LogP contribution is -2.48. The van der Waals surface area contributed by atoms with Gasteiger partial charge in [0.2, 0.25) is 0 Å². The normalized spacial score (nSPS) is 33.7. The lowest BCUT2D eigenvalue weighted by Gasteiger charge is -2.51. The number of piperidine rings is 1. The minimum Gasteiger partial charge on any atom is -0.316 e. The molecule has 1 aliphatic carbocycles. The Bertz CT molecular complexity index is 468. The van der Waals surface area contributed by atoms with Crippen molar-refractivity contribution < 1.29 is 0 Å². The quantitative estimate of drug-likeness (QED) is 0.789. The van der Waals surface area contributed by atoms with Crippen LogP contribution in [0.15, 0.2) is 28.7 Å². The molecule has 2 unspecified atom stereocenters. The van der Waals surface area contributed by atoms with Crippen LogP contribution in [0, 0.1) is 10.8 Å². The number of halogens is 1. The Hall–Kier alpha value is -0.340. The van der Waals surface area contributed by atoms with E-state index >= 15 is 0 Å². The molecule has 1 N–H and O–H groups in total. The highest BCUT2D eigenvalue weighted by atomic mass is 79.9. The van der Waals surface area contributed by atoms with E-state index in [4.69, 9.17) is 0 Å². The smallest absolute Gasteiger partial charge is 0.0178 e. The molecule has 1 aromatic rings. The molecule has 2 fully saturated rings. The molecule has 0 radical (unpaired) electrons. The van der Waals surface area contributed by atoms with E-state index in [2.05, 4.69) is 59.4 Å². The van der Waals surface area contributed by atoms with Crippen molar-refractivity contribution in [3.63, 3.8) is 0 Å². The van der Waals surface area contributed by atoms with E-state index in [1.165, 1.54) is 42.3 Å². The SMILES string of the molecule is CC1(C)CCCC12CCNCC2c1cccc(Br)c1. The first-order valence-electron chi connectivity index (χ1n) is 7.51. The Morgan fingerprint density at radius 2 is 2.05 bits per heavy atom. The second-order valence-corrected chi connectivity index (χ2v) is 7.87. The molecule has 1 saturated carbocycles. The molecule has 19 heavy (non-hydrogen) atoms. The zero-order valence-corrected chi connectivity index (χ0v) is 13.6. The van der Waals surface area contributed by atoms with Crippen molar-refractivity contribution in [1.29, 1.82) is 0 Å². The van der Waals surface area contributed by atoms with Crippen LogP contribution in [-0.2, 0) is 0 Å². The van der Waals surface area contributed by atoms with Crippen LogP contribution in [-0.4, -0.2) is 13.1 Å². The summed E-state index contributed by atoms with van der Waals surface area (Å²) < 4.78 is 1.21. The first-order chi connectivity index (χ1) is 9.05. The summed E-state index contributed by atoms with van der Waals surface area (Å²) in [7, 11) is 0. The van der Waals surface area contributed by atoms with Gasteiger partial charge in [-0.15, -0.1) is 0 Å². The lowest BCUT2D eigenvalue weighted by molar-refractivity contribution is 0.0419. The number of hydrogen-bond acceptors (Lipinski definition) is 1. The molecule has 3 rings (SSSR count). The van der Waals surface area contributed by atoms with Crippen LogP contribution in [0.25, 0.3) is 0 Å². The Morgan fingerprint density at radius 1 is 1.21 bits per heavy atom. The Kier molecular flexibility index (Phi) is 3.51. The molecule has 1 spiro atoms. The zero-order chi connectivity index (χ0) is 13.5. The number of rotatable bonds is 1. The van der Waals surface area contributed by atoms with E-state index in [-0.39, 0.29) is 0 Å². The van der Waals surface area contributed by atoms with Gasteiger partial charge >= 0.3 is 0 Å². The van der Waals surface area contributed by atoms with Gasteiger partial charge in [0, 0.05) is 16.9 Å². The summed E-state index contributed by atoms with van der Waals surface area (Å²) in [5.41, 5.74) is 2.48. The van der Waals surface area contributed by atoms with Crippen LogP contribution in [0.5, 0.6) is 0 Å². The van der Waals surface area contributed by atoms with Crippen molar-refractivity contribution in [2.75, 3.05) is 13.1 Å². The number of hydrogen-bond donors (Lipinski definition) is 1. The molecule has 0 aromatic heterocycles. The van der Waals surface area contributed by atoms with Gasteiger partial charge in [0.05, 0.1) is 0 Å². The Morgan fingerprint density at radius 3 is 2.74 bits per heavy atom. The van der Waals surface area contributed by atoms with Crippen LogP contribution < -0.4 is 5.32 Å². The third kappa shape index (κ3) is 2.17. The van der Waals surface area contributed by atoms with Crippen molar-refractivity contribution in [2.24, 2.45) is 10.8 Å². The summed E-state index contributed by atoms with van der Waals surface area (Å²) >= 11 is 3.63. The van der Waals surface area contributed by atoms with Crippen molar-refractivity contribution in [3.05, 3.63) is 34.3 Å². The van der Waals surface area contributed by atoms with Gasteiger partial charge in [0.15, 0.2) is 0 Å². The monoisotopic (exact) mass is 321 g/mol. The zero-order valence-electron chi connectivity index (χ0n) is 12.0. The summed E-state index contributed by atoms with van der Waals surface area (Å²) in [4.78, 5) is 0. The molecule has 2 heteroatoms. The van der Waals surface area contributed by atoms with Crippen LogP contribution in [0.3, 0.4) is 0 Å². The van der Waals surface area contributed by atoms with Gasteiger partial charge < -0.3 is 5.32 Å². The van der Waals surface area contributed by atoms with Crippen LogP contribution in [0.2, 0.25) is 0 Å². The molecule has 1 nitrogen and oxygen atoms in total. The molecule has 0 amide bonds. The van der Waals surface area contributed by atoms with Gasteiger partial charge in [-0.2, -0.15) is 0 Å². The van der Waals surface area contributed by atoms with Gasteiger partial charge in [0.1, 0.15) is 0 Å². The Balaban J connectivity index is 2.02. The van der Waals surface area contributed by atoms with E-state index < -0.39 is 0 Å². The fourth-order valence-corrected chi connectivity index (χ4v) is 5.05. The average Bonchev–Trinajstić information content (AvgIpc) is 2.66. The number of nitrogens with one attached hydrogen (secondary N) is 1. The van der Waals surface area contributed by atoms with Gasteiger partial charge in [-0.1, -0.05) is 48.3 Å². The highest BCUT2D eigenvalue weighted by molar-refractivity contribution is 9.10. The van der Waals surface area contributed by atoms with E-state index in [0.29, 0.717) is 16.7 Å². The predicted molar refractivity (Wildman–Crippen MR) is 84.4 cm³/mol. The third-order valence-electron chi connectivity index (χ3n) is 5.79. The summed E-state index contributed by atoms with van der Waals surface area (Å²) in [6.45, 7) is 7.32. The maximum Gasteiger partial charge on any atom is 0.0178 e. The first-order valence-corrected chi connectivity index (χ1v) is 8.31. The van der Waals surface area contributed by atoms with Crippen LogP contribution in [0.4, 0.5) is 0 Å². The highest BCUT2D eigenvalue weighted by Crippen LogP contribution is 2.62. The Labute approximate surface area is 125 Å². The lowest BCUT2D eigenvalue weighted by atomic mass is 9.56. The van der Waals surface area contributed by atoms with Crippen molar-refractivity contribution >= 4 is 15.9 Å². The standard InChI is InChI=1S/C17H24BrN/c1-16(2)7-4-8-17(16)9-10-19-12-15(17)13-5-3-6-14(18)11-13/h3,5-6,11,15,19H,4,7-10,12H2,1-2H3. The second kappa shape index (κ2) is 4.89. The first kappa shape index (κ1) is 13.6. The topological polar surface area (TPSA) is 12.0 Å². The molecule has 0 bridgehead atoms. The summed E-state index contributed by atoms with van der Waals surface area (Å²) in [5.74, 6) is 0.663. The molecule has 2 atom stereocenters. The fraction of sp³-hybridized carbons (Fsp3) is 0.647. The van der Waals surface area contributed by atoms with Gasteiger partial charge in [0.25, 0.3) is 0 Å². The van der Waals surface area contributed by atoms with E-state index in [1.807, 2.05) is 0 Å². The maximum atomic E-state index is 3.63. The average molecular weight is 322 g/mol. The third-order valence-corrected chi connectivity index (χ3v) is 6.28. The van der Waals surface area contributed by atoms with E-state index in [9.17, 15) is 0 Å². The molecular formula is C17H24BrN. The molecule has 2 aliphatic rings. The molecule has 1 saturated heterocycles. The van der Waals surface area contributed by atoms with E-state index in [1.54, 1.807) is 0 Å². The van der Waals surface area contributed by atoms with Gasteiger partial charge in [-0.25, -0.2) is 0 Å². The minimum absolute atomic E-state index is 0.474. The molecule has 104 valence electrons. The second-order valence-electron chi connectivity index (χ2n) is 6.96. The van der Waals surface area contributed by atoms with E-state index in [0.717, 1.165) is 6.54 Å². The minimum atomic E-state index is 0.474. The van der Waals surface area contributed by atoms with Crippen LogP contribution >= 0.6 is 15.9 Å². The highest BCUT2D eigenvalue weighted by Gasteiger charge is 2.54. The van der Waals surface area contributed by atoms with Gasteiger partial charge in [-0.05, 0) is 54.3 Å². The maximum absolute atomic E-state index is 3.63. The van der Waals surface area contributed by atoms with Crippen LogP contribution in [0.1, 0.15) is 51.0 Å². The molecule has 1 aromatic carbocycles. The molecule has 1 aliphatic heterocycles. The fourth-order valence-electron chi connectivity index (χ4n) is 4.63. The van der Waals surface area contributed by atoms with Crippen molar-refractivity contribution in [2.45, 2.75) is 45.4 Å². The number of benzene rings is 1. The summed E-state index contributed by atoms with van der Waals surface area (Å²) in [6.07, 6.45) is 5.52. The predicted octanol–water partition coefficient (Wildman–Crippen LogP) is 4.72. The van der Waals surface area contributed by atoms with Crippen molar-refractivity contribution in [1.82, 2.24) is 5.32 Å². The molecule has 1 heterocycles. The largest absolute Gasteiger partial charge is 0.316 e. The van der Waals surface area contributed by atoms with Crippen molar-refractivity contribution in [3.8, 4) is 0 Å².